The first-order valence-corrected chi connectivity index (χ1v) is 10.8. The Morgan fingerprint density at radius 1 is 1.22 bits per heavy atom. The third kappa shape index (κ3) is 4.29. The van der Waals surface area contributed by atoms with Crippen LogP contribution in [0.2, 0.25) is 0 Å². The van der Waals surface area contributed by atoms with E-state index in [2.05, 4.69) is 43.1 Å². The van der Waals surface area contributed by atoms with Crippen molar-refractivity contribution in [2.24, 2.45) is 0 Å². The van der Waals surface area contributed by atoms with E-state index in [9.17, 15) is 9.59 Å². The van der Waals surface area contributed by atoms with Crippen molar-refractivity contribution in [2.45, 2.75) is 46.0 Å². The van der Waals surface area contributed by atoms with Crippen molar-refractivity contribution in [1.29, 1.82) is 0 Å². The molecule has 1 aliphatic carbocycles. The summed E-state index contributed by atoms with van der Waals surface area (Å²) in [5.74, 6) is 1.68. The first-order valence-electron chi connectivity index (χ1n) is 9.63. The number of ether oxygens (including phenoxy) is 1. The van der Waals surface area contributed by atoms with Gasteiger partial charge in [0.2, 0.25) is 0 Å². The molecule has 0 unspecified atom stereocenters. The highest BCUT2D eigenvalue weighted by Crippen LogP contribution is 2.35. The van der Waals surface area contributed by atoms with Gasteiger partial charge in [0.1, 0.15) is 12.3 Å². The minimum atomic E-state index is -0.366. The predicted molar refractivity (Wildman–Crippen MR) is 110 cm³/mol. The summed E-state index contributed by atoms with van der Waals surface area (Å²) in [6.07, 6.45) is 2.23. The van der Waals surface area contributed by atoms with Gasteiger partial charge in [0.05, 0.1) is 0 Å². The number of ketones is 1. The Bertz CT molecular complexity index is 823. The van der Waals surface area contributed by atoms with Gasteiger partial charge in [-0.1, -0.05) is 38.1 Å². The number of H-pyrrole nitrogens is 1. The Morgan fingerprint density at radius 3 is 2.63 bits per heavy atom. The van der Waals surface area contributed by atoms with Crippen LogP contribution in [0, 0.1) is 6.92 Å². The van der Waals surface area contributed by atoms with Crippen molar-refractivity contribution in [3.8, 4) is 0 Å². The molecular formula is C22H27NO3S. The van der Waals surface area contributed by atoms with Gasteiger partial charge in [-0.05, 0) is 48.1 Å². The Balaban J connectivity index is 1.77. The molecule has 1 aromatic carbocycles. The number of aromatic amines is 1. The Kier molecular flexibility index (Phi) is 6.42. The molecular weight excluding hydrogens is 358 g/mol. The molecule has 0 saturated carbocycles. The van der Waals surface area contributed by atoms with Crippen LogP contribution in [0.5, 0.6) is 0 Å². The van der Waals surface area contributed by atoms with E-state index >= 15 is 0 Å². The zero-order valence-electron chi connectivity index (χ0n) is 16.3. The second kappa shape index (κ2) is 8.79. The number of hydrogen-bond acceptors (Lipinski definition) is 4. The molecule has 144 valence electrons. The van der Waals surface area contributed by atoms with Crippen LogP contribution in [0.25, 0.3) is 0 Å². The zero-order chi connectivity index (χ0) is 19.4. The summed E-state index contributed by atoms with van der Waals surface area (Å²) in [7, 11) is 0. The SMILES string of the molecule is CCSCCOC(=O)c1[nH]c2c(c1C)C(=O)C[C@@H](c1ccc(CC)cc1)C2. The van der Waals surface area contributed by atoms with Crippen molar-refractivity contribution in [3.05, 3.63) is 57.9 Å². The number of aromatic nitrogens is 1. The number of fused-ring (bicyclic) bond motifs is 1. The number of carbonyl (C=O) groups excluding carboxylic acids is 2. The van der Waals surface area contributed by atoms with E-state index in [0.29, 0.717) is 24.3 Å². The standard InChI is InChI=1S/C22H27NO3S/c1-4-15-6-8-16(9-7-15)17-12-18-20(19(24)13-17)14(3)21(23-18)22(25)26-10-11-27-5-2/h6-9,17,23H,4-5,10-13H2,1-3H3/t17-/m0/s1. The molecule has 0 amide bonds. The van der Waals surface area contributed by atoms with Crippen LogP contribution in [-0.4, -0.2) is 34.8 Å². The Hall–Kier alpha value is -2.01. The number of carbonyl (C=O) groups is 2. The highest BCUT2D eigenvalue weighted by Gasteiger charge is 2.32. The lowest BCUT2D eigenvalue weighted by molar-refractivity contribution is 0.0523. The number of esters is 1. The van der Waals surface area contributed by atoms with E-state index in [0.717, 1.165) is 35.6 Å². The average Bonchev–Trinajstić information content (AvgIpc) is 3.02. The topological polar surface area (TPSA) is 59.2 Å². The summed E-state index contributed by atoms with van der Waals surface area (Å²) < 4.78 is 5.36. The second-order valence-corrected chi connectivity index (χ2v) is 8.33. The van der Waals surface area contributed by atoms with Crippen molar-refractivity contribution in [1.82, 2.24) is 4.98 Å². The molecule has 4 nitrogen and oxygen atoms in total. The van der Waals surface area contributed by atoms with Gasteiger partial charge in [0, 0.05) is 23.4 Å². The van der Waals surface area contributed by atoms with Crippen LogP contribution in [0.3, 0.4) is 0 Å². The molecule has 5 heteroatoms. The molecule has 0 spiro atoms. The number of hydrogen-bond donors (Lipinski definition) is 1. The zero-order valence-corrected chi connectivity index (χ0v) is 17.1. The Morgan fingerprint density at radius 2 is 1.96 bits per heavy atom. The first kappa shape index (κ1) is 19.7. The van der Waals surface area contributed by atoms with E-state index in [-0.39, 0.29) is 17.7 Å². The van der Waals surface area contributed by atoms with Crippen LogP contribution >= 0.6 is 11.8 Å². The number of thioether (sulfide) groups is 1. The van der Waals surface area contributed by atoms with E-state index in [1.165, 1.54) is 11.1 Å². The van der Waals surface area contributed by atoms with Crippen LogP contribution in [0.15, 0.2) is 24.3 Å². The van der Waals surface area contributed by atoms with Crippen molar-refractivity contribution < 1.29 is 14.3 Å². The fraction of sp³-hybridized carbons (Fsp3) is 0.455. The third-order valence-electron chi connectivity index (χ3n) is 5.22. The lowest BCUT2D eigenvalue weighted by Crippen LogP contribution is -2.18. The van der Waals surface area contributed by atoms with E-state index in [4.69, 9.17) is 4.74 Å². The van der Waals surface area contributed by atoms with Gasteiger partial charge < -0.3 is 9.72 Å². The van der Waals surface area contributed by atoms with Gasteiger partial charge >= 0.3 is 5.97 Å². The molecule has 2 aromatic rings. The fourth-order valence-electron chi connectivity index (χ4n) is 3.71. The molecule has 1 aliphatic rings. The molecule has 0 fully saturated rings. The van der Waals surface area contributed by atoms with Crippen LogP contribution in [0.4, 0.5) is 0 Å². The largest absolute Gasteiger partial charge is 0.460 e. The summed E-state index contributed by atoms with van der Waals surface area (Å²) in [4.78, 5) is 28.4. The summed E-state index contributed by atoms with van der Waals surface area (Å²) in [6, 6.07) is 8.51. The van der Waals surface area contributed by atoms with Gasteiger partial charge in [-0.25, -0.2) is 4.79 Å². The molecule has 3 rings (SSSR count). The molecule has 0 radical (unpaired) electrons. The summed E-state index contributed by atoms with van der Waals surface area (Å²) in [5.41, 5.74) is 5.18. The van der Waals surface area contributed by atoms with Crippen LogP contribution in [-0.2, 0) is 17.6 Å². The van der Waals surface area contributed by atoms with Crippen molar-refractivity contribution >= 4 is 23.5 Å². The maximum Gasteiger partial charge on any atom is 0.355 e. The number of aryl methyl sites for hydroxylation is 1. The molecule has 1 aromatic heterocycles. The molecule has 0 aliphatic heterocycles. The minimum absolute atomic E-state index is 0.107. The molecule has 1 atom stereocenters. The van der Waals surface area contributed by atoms with Crippen LogP contribution in [0.1, 0.15) is 69.4 Å². The van der Waals surface area contributed by atoms with Gasteiger partial charge in [-0.2, -0.15) is 11.8 Å². The van der Waals surface area contributed by atoms with Gasteiger partial charge in [0.25, 0.3) is 0 Å². The third-order valence-corrected chi connectivity index (χ3v) is 6.08. The number of benzene rings is 1. The van der Waals surface area contributed by atoms with E-state index in [1.54, 1.807) is 11.8 Å². The average molecular weight is 386 g/mol. The lowest BCUT2D eigenvalue weighted by Gasteiger charge is -2.22. The summed E-state index contributed by atoms with van der Waals surface area (Å²) in [6.45, 7) is 6.43. The fourth-order valence-corrected chi connectivity index (χ4v) is 4.20. The van der Waals surface area contributed by atoms with Gasteiger partial charge in [0.15, 0.2) is 5.78 Å². The van der Waals surface area contributed by atoms with Gasteiger partial charge in [-0.3, -0.25) is 4.79 Å². The predicted octanol–water partition coefficient (Wildman–Crippen LogP) is 4.71. The molecule has 0 bridgehead atoms. The van der Waals surface area contributed by atoms with Crippen molar-refractivity contribution in [3.63, 3.8) is 0 Å². The molecule has 0 saturated heterocycles. The smallest absolute Gasteiger partial charge is 0.355 e. The number of Topliss-reactive ketones (excluding diaryl/α,β-unsaturated/α-hetero) is 1. The molecule has 27 heavy (non-hydrogen) atoms. The maximum absolute atomic E-state index is 12.8. The van der Waals surface area contributed by atoms with Gasteiger partial charge in [-0.15, -0.1) is 0 Å². The summed E-state index contributed by atoms with van der Waals surface area (Å²) in [5, 5.41) is 0. The number of nitrogens with one attached hydrogen (secondary N) is 1. The second-order valence-electron chi connectivity index (χ2n) is 6.93. The van der Waals surface area contributed by atoms with E-state index < -0.39 is 0 Å². The summed E-state index contributed by atoms with van der Waals surface area (Å²) >= 11 is 1.74. The van der Waals surface area contributed by atoms with E-state index in [1.807, 2.05) is 6.92 Å². The van der Waals surface area contributed by atoms with Crippen molar-refractivity contribution in [2.75, 3.05) is 18.1 Å². The maximum atomic E-state index is 12.8. The lowest BCUT2D eigenvalue weighted by atomic mass is 9.81. The monoisotopic (exact) mass is 385 g/mol. The van der Waals surface area contributed by atoms with Crippen LogP contribution < -0.4 is 0 Å². The highest BCUT2D eigenvalue weighted by atomic mass is 32.2. The minimum Gasteiger partial charge on any atom is -0.460 e. The highest BCUT2D eigenvalue weighted by molar-refractivity contribution is 7.99. The normalized spacial score (nSPS) is 16.3. The Labute approximate surface area is 165 Å². The molecule has 1 heterocycles. The first-order chi connectivity index (χ1) is 13.0. The quantitative estimate of drug-likeness (QED) is 0.554. The number of rotatable bonds is 7. The molecule has 1 N–H and O–H groups in total.